The van der Waals surface area contributed by atoms with E-state index in [-0.39, 0.29) is 0 Å². The lowest BCUT2D eigenvalue weighted by Gasteiger charge is -2.47. The standard InChI is InChI=1S/C15H25BrN4/c1-11-8-20(15(10-17-11)6-4-5-7-15)9-13-14(16)12(2)18-19(13)3/h11,17H,4-10H2,1-3H3. The van der Waals surface area contributed by atoms with E-state index in [9.17, 15) is 0 Å². The molecule has 1 saturated heterocycles. The van der Waals surface area contributed by atoms with Crippen LogP contribution >= 0.6 is 15.9 Å². The fraction of sp³-hybridized carbons (Fsp3) is 0.800. The summed E-state index contributed by atoms with van der Waals surface area (Å²) >= 11 is 3.71. The Morgan fingerprint density at radius 2 is 2.10 bits per heavy atom. The van der Waals surface area contributed by atoms with Crippen molar-refractivity contribution in [2.24, 2.45) is 7.05 Å². The zero-order valence-corrected chi connectivity index (χ0v) is 14.3. The lowest BCUT2D eigenvalue weighted by molar-refractivity contribution is 0.0370. The second-order valence-corrected chi connectivity index (χ2v) is 7.36. The molecule has 2 heterocycles. The first kappa shape index (κ1) is 14.5. The highest BCUT2D eigenvalue weighted by atomic mass is 79.9. The van der Waals surface area contributed by atoms with E-state index in [1.54, 1.807) is 0 Å². The third-order valence-electron chi connectivity index (χ3n) is 5.08. The summed E-state index contributed by atoms with van der Waals surface area (Å²) < 4.78 is 3.22. The maximum Gasteiger partial charge on any atom is 0.0739 e. The lowest BCUT2D eigenvalue weighted by atomic mass is 9.91. The van der Waals surface area contributed by atoms with Crippen LogP contribution in [0.2, 0.25) is 0 Å². The summed E-state index contributed by atoms with van der Waals surface area (Å²) in [5, 5.41) is 8.23. The van der Waals surface area contributed by atoms with Crippen LogP contribution in [0.1, 0.15) is 44.0 Å². The van der Waals surface area contributed by atoms with Gasteiger partial charge in [-0.25, -0.2) is 0 Å². The number of aryl methyl sites for hydroxylation is 2. The van der Waals surface area contributed by atoms with Gasteiger partial charge in [0.05, 0.1) is 15.9 Å². The summed E-state index contributed by atoms with van der Waals surface area (Å²) in [6.45, 7) is 7.64. The number of nitrogens with zero attached hydrogens (tertiary/aromatic N) is 3. The van der Waals surface area contributed by atoms with Gasteiger partial charge in [-0.15, -0.1) is 0 Å². The molecule has 4 nitrogen and oxygen atoms in total. The SMILES string of the molecule is Cc1nn(C)c(CN2CC(C)NCC23CCCC3)c1Br. The number of hydrogen-bond acceptors (Lipinski definition) is 3. The zero-order chi connectivity index (χ0) is 14.3. The van der Waals surface area contributed by atoms with Crippen molar-refractivity contribution in [1.29, 1.82) is 0 Å². The molecular formula is C15H25BrN4. The molecule has 1 aliphatic carbocycles. The van der Waals surface area contributed by atoms with Crippen LogP contribution in [-0.4, -0.2) is 39.4 Å². The molecular weight excluding hydrogens is 316 g/mol. The van der Waals surface area contributed by atoms with Crippen LogP contribution in [0.3, 0.4) is 0 Å². The molecule has 1 atom stereocenters. The molecule has 2 aliphatic rings. The number of piperazine rings is 1. The summed E-state index contributed by atoms with van der Waals surface area (Å²) in [6, 6.07) is 0.578. The summed E-state index contributed by atoms with van der Waals surface area (Å²) in [5.41, 5.74) is 2.78. The molecule has 0 amide bonds. The van der Waals surface area contributed by atoms with Gasteiger partial charge in [0, 0.05) is 38.3 Å². The number of halogens is 1. The molecule has 2 fully saturated rings. The molecule has 0 aromatic carbocycles. The van der Waals surface area contributed by atoms with Gasteiger partial charge in [-0.1, -0.05) is 12.8 Å². The van der Waals surface area contributed by atoms with Gasteiger partial charge in [0.25, 0.3) is 0 Å². The van der Waals surface area contributed by atoms with Crippen LogP contribution in [0.15, 0.2) is 4.47 Å². The quantitative estimate of drug-likeness (QED) is 0.898. The predicted molar refractivity (Wildman–Crippen MR) is 84.7 cm³/mol. The Morgan fingerprint density at radius 3 is 2.70 bits per heavy atom. The Kier molecular flexibility index (Phi) is 3.95. The van der Waals surface area contributed by atoms with Gasteiger partial charge >= 0.3 is 0 Å². The Balaban J connectivity index is 1.86. The van der Waals surface area contributed by atoms with Crippen molar-refractivity contribution in [3.8, 4) is 0 Å². The number of hydrogen-bond donors (Lipinski definition) is 1. The third-order valence-corrected chi connectivity index (χ3v) is 6.11. The second-order valence-electron chi connectivity index (χ2n) is 6.56. The molecule has 20 heavy (non-hydrogen) atoms. The molecule has 112 valence electrons. The Hall–Kier alpha value is -0.390. The molecule has 1 N–H and O–H groups in total. The molecule has 5 heteroatoms. The molecule has 1 spiro atoms. The highest BCUT2D eigenvalue weighted by molar-refractivity contribution is 9.10. The lowest BCUT2D eigenvalue weighted by Crippen LogP contribution is -2.62. The second kappa shape index (κ2) is 5.43. The van der Waals surface area contributed by atoms with Crippen molar-refractivity contribution < 1.29 is 0 Å². The van der Waals surface area contributed by atoms with E-state index in [1.165, 1.54) is 35.8 Å². The van der Waals surface area contributed by atoms with Crippen molar-refractivity contribution in [2.45, 2.75) is 57.7 Å². The summed E-state index contributed by atoms with van der Waals surface area (Å²) in [5.74, 6) is 0. The number of nitrogens with one attached hydrogen (secondary N) is 1. The van der Waals surface area contributed by atoms with Crippen LogP contribution in [-0.2, 0) is 13.6 Å². The first-order chi connectivity index (χ1) is 9.52. The average molecular weight is 341 g/mol. The van der Waals surface area contributed by atoms with Gasteiger partial charge in [0.2, 0.25) is 0 Å². The molecule has 1 saturated carbocycles. The van der Waals surface area contributed by atoms with Crippen LogP contribution in [0, 0.1) is 6.92 Å². The molecule has 0 radical (unpaired) electrons. The largest absolute Gasteiger partial charge is 0.311 e. The molecule has 1 aromatic rings. The molecule has 0 bridgehead atoms. The molecule has 1 unspecified atom stereocenters. The maximum absolute atomic E-state index is 4.54. The van der Waals surface area contributed by atoms with Gasteiger partial charge in [-0.05, 0) is 42.6 Å². The Labute approximate surface area is 130 Å². The van der Waals surface area contributed by atoms with Crippen molar-refractivity contribution in [3.63, 3.8) is 0 Å². The third kappa shape index (κ3) is 2.44. The Bertz CT molecular complexity index is 490. The van der Waals surface area contributed by atoms with E-state index in [0.717, 1.165) is 25.3 Å². The van der Waals surface area contributed by atoms with Crippen molar-refractivity contribution >= 4 is 15.9 Å². The molecule has 1 aliphatic heterocycles. The highest BCUT2D eigenvalue weighted by Crippen LogP contribution is 2.38. The fourth-order valence-corrected chi connectivity index (χ4v) is 4.32. The van der Waals surface area contributed by atoms with Gasteiger partial charge < -0.3 is 5.32 Å². The predicted octanol–water partition coefficient (Wildman–Crippen LogP) is 2.60. The minimum absolute atomic E-state index is 0.379. The summed E-state index contributed by atoms with van der Waals surface area (Å²) in [7, 11) is 2.06. The monoisotopic (exact) mass is 340 g/mol. The van der Waals surface area contributed by atoms with E-state index in [0.29, 0.717) is 11.6 Å². The van der Waals surface area contributed by atoms with Gasteiger partial charge in [0.1, 0.15) is 0 Å². The average Bonchev–Trinajstić information content (AvgIpc) is 2.96. The first-order valence-corrected chi connectivity index (χ1v) is 8.47. The van der Waals surface area contributed by atoms with Gasteiger partial charge in [-0.2, -0.15) is 5.10 Å². The van der Waals surface area contributed by atoms with E-state index in [1.807, 2.05) is 4.68 Å². The minimum Gasteiger partial charge on any atom is -0.311 e. The van der Waals surface area contributed by atoms with Crippen molar-refractivity contribution in [3.05, 3.63) is 15.9 Å². The number of aromatic nitrogens is 2. The Morgan fingerprint density at radius 1 is 1.40 bits per heavy atom. The maximum atomic E-state index is 4.54. The van der Waals surface area contributed by atoms with E-state index < -0.39 is 0 Å². The van der Waals surface area contributed by atoms with Gasteiger partial charge in [-0.3, -0.25) is 9.58 Å². The molecule has 3 rings (SSSR count). The first-order valence-electron chi connectivity index (χ1n) is 7.68. The van der Waals surface area contributed by atoms with E-state index in [4.69, 9.17) is 0 Å². The van der Waals surface area contributed by atoms with Crippen LogP contribution in [0.4, 0.5) is 0 Å². The van der Waals surface area contributed by atoms with Crippen LogP contribution in [0.25, 0.3) is 0 Å². The van der Waals surface area contributed by atoms with E-state index in [2.05, 4.69) is 52.1 Å². The van der Waals surface area contributed by atoms with E-state index >= 15 is 0 Å². The topological polar surface area (TPSA) is 33.1 Å². The zero-order valence-electron chi connectivity index (χ0n) is 12.7. The van der Waals surface area contributed by atoms with Crippen molar-refractivity contribution in [1.82, 2.24) is 20.0 Å². The smallest absolute Gasteiger partial charge is 0.0739 e. The molecule has 1 aromatic heterocycles. The number of rotatable bonds is 2. The summed E-state index contributed by atoms with van der Waals surface area (Å²) in [6.07, 6.45) is 5.42. The fourth-order valence-electron chi connectivity index (χ4n) is 3.86. The summed E-state index contributed by atoms with van der Waals surface area (Å²) in [4.78, 5) is 2.71. The minimum atomic E-state index is 0.379. The van der Waals surface area contributed by atoms with Crippen LogP contribution in [0.5, 0.6) is 0 Å². The van der Waals surface area contributed by atoms with Crippen LogP contribution < -0.4 is 5.32 Å². The van der Waals surface area contributed by atoms with Crippen molar-refractivity contribution in [2.75, 3.05) is 13.1 Å². The normalized spacial score (nSPS) is 26.5. The van der Waals surface area contributed by atoms with Gasteiger partial charge in [0.15, 0.2) is 0 Å². The highest BCUT2D eigenvalue weighted by Gasteiger charge is 2.43.